The molecular weight excluding hydrogens is 439 g/mol. The Balaban J connectivity index is 1.44. The first-order valence-electron chi connectivity index (χ1n) is 9.20. The van der Waals surface area contributed by atoms with Gasteiger partial charge in [-0.05, 0) is 29.3 Å². The summed E-state index contributed by atoms with van der Waals surface area (Å²) in [6.07, 6.45) is -1.85. The van der Waals surface area contributed by atoms with E-state index in [0.717, 1.165) is 11.0 Å². The number of fused-ring (bicyclic) bond motifs is 1. The lowest BCUT2D eigenvalue weighted by atomic mass is 10.1. The quantitative estimate of drug-likeness (QED) is 0.718. The van der Waals surface area contributed by atoms with Crippen LogP contribution in [0.5, 0.6) is 0 Å². The number of hydrogen-bond donors (Lipinski definition) is 1. The van der Waals surface area contributed by atoms with Crippen LogP contribution in [0.15, 0.2) is 30.6 Å². The smallest absolute Gasteiger partial charge is 0.334 e. The standard InChI is InChI=1S/C19H15ClF3N5O3/c20-13-7-11-9-27(8-10(11)6-12(13)19(21,22)23)14(29)2-5-28-15(17(30)26-18(28)31)16-24-3-1-4-25-16/h1,3-4,6-7,15H,2,5,8-9H2,(H,26,30,31). The van der Waals surface area contributed by atoms with Crippen LogP contribution in [-0.4, -0.2) is 44.2 Å². The number of benzene rings is 1. The molecule has 0 radical (unpaired) electrons. The van der Waals surface area contributed by atoms with E-state index >= 15 is 0 Å². The molecule has 1 aromatic heterocycles. The van der Waals surface area contributed by atoms with Crippen LogP contribution in [0.3, 0.4) is 0 Å². The zero-order chi connectivity index (χ0) is 22.3. The molecule has 0 bridgehead atoms. The number of nitrogens with one attached hydrogen (secondary N) is 1. The zero-order valence-corrected chi connectivity index (χ0v) is 16.6. The van der Waals surface area contributed by atoms with Crippen molar-refractivity contribution in [2.24, 2.45) is 0 Å². The van der Waals surface area contributed by atoms with Crippen molar-refractivity contribution in [2.75, 3.05) is 6.54 Å². The molecule has 1 saturated heterocycles. The average Bonchev–Trinajstić information content (AvgIpc) is 3.24. The summed E-state index contributed by atoms with van der Waals surface area (Å²) in [5.74, 6) is -0.839. The molecule has 8 nitrogen and oxygen atoms in total. The maximum Gasteiger partial charge on any atom is 0.417 e. The molecule has 4 rings (SSSR count). The Bertz CT molecular complexity index is 1060. The van der Waals surface area contributed by atoms with E-state index in [9.17, 15) is 27.6 Å². The van der Waals surface area contributed by atoms with Gasteiger partial charge < -0.3 is 9.80 Å². The van der Waals surface area contributed by atoms with Crippen LogP contribution >= 0.6 is 11.6 Å². The Kier molecular flexibility index (Phi) is 5.29. The van der Waals surface area contributed by atoms with Crippen molar-refractivity contribution in [3.05, 3.63) is 58.1 Å². The van der Waals surface area contributed by atoms with Crippen molar-refractivity contribution >= 4 is 29.4 Å². The SMILES string of the molecule is O=C1NC(=O)N(CCC(=O)N2Cc3cc(Cl)c(C(F)(F)F)cc3C2)C1c1ncccn1. The number of alkyl halides is 3. The van der Waals surface area contributed by atoms with Gasteiger partial charge in [0, 0.05) is 38.4 Å². The molecule has 2 aromatic rings. The second-order valence-corrected chi connectivity index (χ2v) is 7.50. The van der Waals surface area contributed by atoms with E-state index < -0.39 is 34.7 Å². The minimum absolute atomic E-state index is 0.00473. The van der Waals surface area contributed by atoms with E-state index in [1.807, 2.05) is 0 Å². The number of halogens is 4. The van der Waals surface area contributed by atoms with E-state index in [4.69, 9.17) is 11.6 Å². The van der Waals surface area contributed by atoms with Gasteiger partial charge in [0.2, 0.25) is 5.91 Å². The van der Waals surface area contributed by atoms with Crippen LogP contribution in [0.2, 0.25) is 5.02 Å². The minimum atomic E-state index is -4.59. The van der Waals surface area contributed by atoms with E-state index in [1.54, 1.807) is 6.07 Å². The molecule has 2 aliphatic rings. The molecule has 1 atom stereocenters. The van der Waals surface area contributed by atoms with Crippen LogP contribution in [0.4, 0.5) is 18.0 Å². The molecule has 31 heavy (non-hydrogen) atoms. The number of amides is 4. The van der Waals surface area contributed by atoms with Crippen molar-refractivity contribution in [2.45, 2.75) is 31.7 Å². The predicted molar refractivity (Wildman–Crippen MR) is 100 cm³/mol. The van der Waals surface area contributed by atoms with Gasteiger partial charge in [-0.3, -0.25) is 14.9 Å². The van der Waals surface area contributed by atoms with Gasteiger partial charge in [0.1, 0.15) is 0 Å². The largest absolute Gasteiger partial charge is 0.417 e. The van der Waals surface area contributed by atoms with Gasteiger partial charge in [-0.25, -0.2) is 14.8 Å². The molecule has 2 aliphatic heterocycles. The monoisotopic (exact) mass is 453 g/mol. The number of imide groups is 1. The molecule has 3 heterocycles. The predicted octanol–water partition coefficient (Wildman–Crippen LogP) is 2.67. The normalized spacial score (nSPS) is 18.4. The van der Waals surface area contributed by atoms with Crippen molar-refractivity contribution < 1.29 is 27.6 Å². The Morgan fingerprint density at radius 1 is 1.16 bits per heavy atom. The van der Waals surface area contributed by atoms with Gasteiger partial charge in [0.15, 0.2) is 11.9 Å². The summed E-state index contributed by atoms with van der Waals surface area (Å²) < 4.78 is 39.2. The lowest BCUT2D eigenvalue weighted by molar-refractivity contribution is -0.137. The van der Waals surface area contributed by atoms with Gasteiger partial charge in [0.25, 0.3) is 5.91 Å². The Hall–Kier alpha value is -3.21. The summed E-state index contributed by atoms with van der Waals surface area (Å²) in [7, 11) is 0. The fraction of sp³-hybridized carbons (Fsp3) is 0.316. The first-order chi connectivity index (χ1) is 14.6. The number of nitrogens with zero attached hydrogens (tertiary/aromatic N) is 4. The summed E-state index contributed by atoms with van der Waals surface area (Å²) in [5, 5.41) is 1.75. The highest BCUT2D eigenvalue weighted by molar-refractivity contribution is 6.31. The number of urea groups is 1. The van der Waals surface area contributed by atoms with Crippen molar-refractivity contribution in [1.29, 1.82) is 0 Å². The maximum absolute atomic E-state index is 13.1. The van der Waals surface area contributed by atoms with Gasteiger partial charge in [-0.2, -0.15) is 13.2 Å². The summed E-state index contributed by atoms with van der Waals surface area (Å²) in [4.78, 5) is 47.5. The van der Waals surface area contributed by atoms with Gasteiger partial charge >= 0.3 is 12.2 Å². The summed E-state index contributed by atoms with van der Waals surface area (Å²) >= 11 is 5.75. The number of rotatable bonds is 4. The fourth-order valence-electron chi connectivity index (χ4n) is 3.63. The van der Waals surface area contributed by atoms with Crippen LogP contribution in [0, 0.1) is 0 Å². The summed E-state index contributed by atoms with van der Waals surface area (Å²) in [5.41, 5.74) is -0.0362. The Morgan fingerprint density at radius 3 is 2.45 bits per heavy atom. The highest BCUT2D eigenvalue weighted by atomic mass is 35.5. The van der Waals surface area contributed by atoms with Gasteiger partial charge in [0.05, 0.1) is 10.6 Å². The molecular formula is C19H15ClF3N5O3. The maximum atomic E-state index is 13.1. The fourth-order valence-corrected chi connectivity index (χ4v) is 3.93. The molecule has 12 heteroatoms. The summed E-state index contributed by atoms with van der Waals surface area (Å²) in [6.45, 7) is 0.0356. The first kappa shape index (κ1) is 21.0. The van der Waals surface area contributed by atoms with Gasteiger partial charge in [-0.15, -0.1) is 0 Å². The van der Waals surface area contributed by atoms with Crippen LogP contribution in [-0.2, 0) is 28.9 Å². The van der Waals surface area contributed by atoms with Crippen LogP contribution in [0.1, 0.15) is 35.0 Å². The number of carbonyl (C=O) groups excluding carboxylic acids is 3. The number of aromatic nitrogens is 2. The lowest BCUT2D eigenvalue weighted by Gasteiger charge is -2.22. The molecule has 1 aromatic carbocycles. The number of carbonyl (C=O) groups is 3. The molecule has 1 N–H and O–H groups in total. The highest BCUT2D eigenvalue weighted by Gasteiger charge is 2.41. The second kappa shape index (κ2) is 7.80. The second-order valence-electron chi connectivity index (χ2n) is 7.10. The first-order valence-corrected chi connectivity index (χ1v) is 9.57. The van der Waals surface area contributed by atoms with E-state index in [-0.39, 0.29) is 37.8 Å². The molecule has 162 valence electrons. The molecule has 0 aliphatic carbocycles. The van der Waals surface area contributed by atoms with Crippen LogP contribution < -0.4 is 5.32 Å². The zero-order valence-electron chi connectivity index (χ0n) is 15.8. The third-order valence-electron chi connectivity index (χ3n) is 5.12. The topological polar surface area (TPSA) is 95.5 Å². The molecule has 4 amide bonds. The minimum Gasteiger partial charge on any atom is -0.334 e. The third kappa shape index (κ3) is 4.05. The van der Waals surface area contributed by atoms with Crippen molar-refractivity contribution in [3.8, 4) is 0 Å². The lowest BCUT2D eigenvalue weighted by Crippen LogP contribution is -2.35. The van der Waals surface area contributed by atoms with E-state index in [1.165, 1.54) is 23.4 Å². The molecule has 0 spiro atoms. The van der Waals surface area contributed by atoms with Crippen LogP contribution in [0.25, 0.3) is 0 Å². The molecule has 1 fully saturated rings. The van der Waals surface area contributed by atoms with Crippen molar-refractivity contribution in [3.63, 3.8) is 0 Å². The van der Waals surface area contributed by atoms with E-state index in [2.05, 4.69) is 15.3 Å². The van der Waals surface area contributed by atoms with Crippen molar-refractivity contribution in [1.82, 2.24) is 25.1 Å². The Morgan fingerprint density at radius 2 is 1.81 bits per heavy atom. The molecule has 0 saturated carbocycles. The number of hydrogen-bond acceptors (Lipinski definition) is 5. The third-order valence-corrected chi connectivity index (χ3v) is 5.43. The highest BCUT2D eigenvalue weighted by Crippen LogP contribution is 2.38. The molecule has 1 unspecified atom stereocenters. The average molecular weight is 454 g/mol. The Labute approximate surface area is 179 Å². The summed E-state index contributed by atoms with van der Waals surface area (Å²) in [6, 6.07) is 2.03. The van der Waals surface area contributed by atoms with E-state index in [0.29, 0.717) is 11.1 Å². The van der Waals surface area contributed by atoms with Gasteiger partial charge in [-0.1, -0.05) is 11.6 Å².